The lowest BCUT2D eigenvalue weighted by molar-refractivity contribution is -0.143. The highest BCUT2D eigenvalue weighted by molar-refractivity contribution is 5.99. The average molecular weight is 1340 g/mol. The Balaban J connectivity index is 5.68. The van der Waals surface area contributed by atoms with Crippen molar-refractivity contribution >= 4 is 88.7 Å². The van der Waals surface area contributed by atoms with Crippen molar-refractivity contribution in [2.45, 2.75) is 206 Å². The molecular formula is C57H105N19O18. The Bertz CT molecular complexity index is 2540. The minimum Gasteiger partial charge on any atom is -0.480 e. The van der Waals surface area contributed by atoms with E-state index in [1.165, 1.54) is 20.8 Å². The molecule has 0 radical (unpaired) electrons. The van der Waals surface area contributed by atoms with Crippen molar-refractivity contribution in [3.63, 3.8) is 0 Å². The van der Waals surface area contributed by atoms with E-state index in [9.17, 15) is 87.5 Å². The molecule has 0 saturated heterocycles. The first kappa shape index (κ1) is 85.6. The molecule has 37 nitrogen and oxygen atoms in total. The fraction of sp³-hybridized carbons (Fsp3) is 0.737. The van der Waals surface area contributed by atoms with Gasteiger partial charge < -0.3 is 118 Å². The van der Waals surface area contributed by atoms with E-state index in [4.69, 9.17) is 28.3 Å². The summed E-state index contributed by atoms with van der Waals surface area (Å²) in [5, 5.41) is 80.2. The van der Waals surface area contributed by atoms with Crippen molar-refractivity contribution in [2.75, 3.05) is 45.9 Å². The molecule has 0 aliphatic heterocycles. The molecule has 0 bridgehead atoms. The predicted molar refractivity (Wildman–Crippen MR) is 340 cm³/mol. The number of aliphatic hydroxyl groups excluding tert-OH is 3. The quantitative estimate of drug-likeness (QED) is 0.0153. The maximum Gasteiger partial charge on any atom is 0.328 e. The number of hydrogen-bond acceptors (Lipinski definition) is 21. The standard InChI is InChI=1S/C57H105N19O18/c1-27(2)22-37(51(88)73-39(26-78)56(93)94)71-49(86)35(17-11-13-19-58)70-52(89)38(25-77)72-47(84)31(8)67-45(82)30(7)66-41(81)24-64-40(80)23-65-53(90)44(33(10)79)76-55(92)43(29(5)6)75-50(87)36(18-12-14-20-59)69-46(83)32(9)68-54(91)42(28(3)4)74-48(85)34(60)16-15-21-63-57(61)62/h27-39,42-44,77-79H,11-26,58-60H2,1-10H3,(H,64,80)(H,65,90)(H,66,81)(H,67,82)(H,68,91)(H,69,83)(H,70,89)(H,71,86)(H,72,84)(H,73,88)(H,74,85)(H,75,87)(H,76,92)(H,93,94)(H4,61,62,63)/t30-,31-,32-,33+,34-,35-,36-,37-,38-,39-,42-,43-,44-/m0/s1. The van der Waals surface area contributed by atoms with Gasteiger partial charge in [0.05, 0.1) is 38.4 Å². The highest BCUT2D eigenvalue weighted by atomic mass is 16.4. The molecule has 0 rings (SSSR count). The van der Waals surface area contributed by atoms with Crippen molar-refractivity contribution in [1.29, 1.82) is 5.41 Å². The SMILES string of the molecule is CC(C)C[C@H](NC(=O)[C@H](CCCCN)NC(=O)[C@H](CO)NC(=O)[C@H](C)NC(=O)[C@H](C)NC(=O)CNC(=O)CNC(=O)[C@@H](NC(=O)[C@@H](NC(=O)[C@H](CCCCN)NC(=O)[C@H](C)NC(=O)[C@@H](NC(=O)[C@@H](N)CCCNC(=N)N)C(C)C)C(C)C)[C@@H](C)O)C(=O)N[C@@H](CO)C(=O)O. The van der Waals surface area contributed by atoms with Gasteiger partial charge in [-0.3, -0.25) is 67.7 Å². The monoisotopic (exact) mass is 1340 g/mol. The van der Waals surface area contributed by atoms with Crippen LogP contribution in [0.2, 0.25) is 0 Å². The lowest BCUT2D eigenvalue weighted by atomic mass is 10.0. The maximum atomic E-state index is 13.9. The number of hydrogen-bond donors (Lipinski definition) is 23. The first-order chi connectivity index (χ1) is 44.0. The third kappa shape index (κ3) is 33.4. The minimum atomic E-state index is -1.71. The second-order valence-electron chi connectivity index (χ2n) is 23.7. The molecule has 0 heterocycles. The van der Waals surface area contributed by atoms with E-state index in [-0.39, 0.29) is 50.7 Å². The Hall–Kier alpha value is -8.39. The number of carbonyl (C=O) groups excluding carboxylic acids is 13. The van der Waals surface area contributed by atoms with E-state index in [0.29, 0.717) is 38.6 Å². The Morgan fingerprint density at radius 2 is 0.798 bits per heavy atom. The van der Waals surface area contributed by atoms with Crippen LogP contribution < -0.4 is 97.4 Å². The third-order valence-corrected chi connectivity index (χ3v) is 14.2. The number of amides is 13. The zero-order valence-electron chi connectivity index (χ0n) is 55.4. The molecule has 0 unspecified atom stereocenters. The summed E-state index contributed by atoms with van der Waals surface area (Å²) < 4.78 is 0. The highest BCUT2D eigenvalue weighted by Crippen LogP contribution is 2.11. The summed E-state index contributed by atoms with van der Waals surface area (Å²) >= 11 is 0. The molecule has 27 N–H and O–H groups in total. The van der Waals surface area contributed by atoms with Crippen molar-refractivity contribution < 1.29 is 87.5 Å². The van der Waals surface area contributed by atoms with Crippen LogP contribution in [-0.2, 0) is 67.1 Å². The predicted octanol–water partition coefficient (Wildman–Crippen LogP) is -8.73. The fourth-order valence-corrected chi connectivity index (χ4v) is 8.57. The van der Waals surface area contributed by atoms with Gasteiger partial charge in [-0.05, 0) is 116 Å². The average Bonchev–Trinajstić information content (AvgIpc) is 0.921. The van der Waals surface area contributed by atoms with Gasteiger partial charge in [0, 0.05) is 6.54 Å². The molecule has 0 aromatic rings. The van der Waals surface area contributed by atoms with Gasteiger partial charge in [-0.15, -0.1) is 0 Å². The summed E-state index contributed by atoms with van der Waals surface area (Å²) in [6.45, 7) is 12.2. The number of nitrogens with two attached hydrogens (primary N) is 4. The smallest absolute Gasteiger partial charge is 0.328 e. The normalized spacial score (nSPS) is 15.3. The molecule has 0 aliphatic rings. The molecule has 0 spiro atoms. The van der Waals surface area contributed by atoms with Gasteiger partial charge in [0.2, 0.25) is 76.8 Å². The molecule has 0 fully saturated rings. The summed E-state index contributed by atoms with van der Waals surface area (Å²) in [7, 11) is 0. The molecule has 13 atom stereocenters. The zero-order valence-corrected chi connectivity index (χ0v) is 55.4. The zero-order chi connectivity index (χ0) is 72.1. The lowest BCUT2D eigenvalue weighted by Gasteiger charge is -2.29. The van der Waals surface area contributed by atoms with Crippen LogP contribution in [0.15, 0.2) is 0 Å². The Kier molecular flexibility index (Phi) is 41.0. The van der Waals surface area contributed by atoms with Gasteiger partial charge in [-0.2, -0.15) is 0 Å². The van der Waals surface area contributed by atoms with Crippen LogP contribution in [0.1, 0.15) is 127 Å². The molecule has 536 valence electrons. The molecule has 0 aromatic heterocycles. The molecule has 0 aromatic carbocycles. The third-order valence-electron chi connectivity index (χ3n) is 14.2. The minimum absolute atomic E-state index is 0.0202. The lowest BCUT2D eigenvalue weighted by Crippen LogP contribution is -2.61. The van der Waals surface area contributed by atoms with Crippen LogP contribution in [0.3, 0.4) is 0 Å². The fourth-order valence-electron chi connectivity index (χ4n) is 8.57. The molecule has 94 heavy (non-hydrogen) atoms. The van der Waals surface area contributed by atoms with Crippen molar-refractivity contribution in [1.82, 2.24) is 74.4 Å². The number of guanidine groups is 1. The number of aliphatic hydroxyl groups is 3. The van der Waals surface area contributed by atoms with Gasteiger partial charge in [-0.25, -0.2) is 4.79 Å². The summed E-state index contributed by atoms with van der Waals surface area (Å²) in [6.07, 6.45) is 0.582. The van der Waals surface area contributed by atoms with Crippen LogP contribution in [0.5, 0.6) is 0 Å². The van der Waals surface area contributed by atoms with E-state index in [2.05, 4.69) is 74.4 Å². The van der Waals surface area contributed by atoms with Gasteiger partial charge in [0.1, 0.15) is 66.5 Å². The van der Waals surface area contributed by atoms with Gasteiger partial charge >= 0.3 is 5.97 Å². The van der Waals surface area contributed by atoms with Crippen molar-refractivity contribution in [2.24, 2.45) is 40.7 Å². The van der Waals surface area contributed by atoms with Crippen LogP contribution >= 0.6 is 0 Å². The largest absolute Gasteiger partial charge is 0.480 e. The molecular weight excluding hydrogens is 1240 g/mol. The van der Waals surface area contributed by atoms with Crippen molar-refractivity contribution in [3.8, 4) is 0 Å². The molecule has 0 saturated carbocycles. The van der Waals surface area contributed by atoms with E-state index in [1.807, 2.05) is 0 Å². The highest BCUT2D eigenvalue weighted by Gasteiger charge is 2.36. The maximum absolute atomic E-state index is 13.9. The molecule has 13 amide bonds. The number of rotatable bonds is 46. The summed E-state index contributed by atoms with van der Waals surface area (Å²) in [6, 6.07) is -16.5. The van der Waals surface area contributed by atoms with E-state index < -0.39 is 200 Å². The van der Waals surface area contributed by atoms with E-state index in [0.717, 1.165) is 6.92 Å². The van der Waals surface area contributed by atoms with Crippen LogP contribution in [0.25, 0.3) is 0 Å². The number of nitrogens with one attached hydrogen (secondary N) is 15. The Morgan fingerprint density at radius 1 is 0.404 bits per heavy atom. The van der Waals surface area contributed by atoms with E-state index >= 15 is 0 Å². The molecule has 0 aliphatic carbocycles. The van der Waals surface area contributed by atoms with Crippen LogP contribution in [0, 0.1) is 23.2 Å². The van der Waals surface area contributed by atoms with Crippen LogP contribution in [0.4, 0.5) is 0 Å². The summed E-state index contributed by atoms with van der Waals surface area (Å²) in [5.41, 5.74) is 22.6. The second kappa shape index (κ2) is 45.0. The first-order valence-corrected chi connectivity index (χ1v) is 31.2. The van der Waals surface area contributed by atoms with Gasteiger partial charge in [0.25, 0.3) is 0 Å². The molecule has 37 heteroatoms. The first-order valence-electron chi connectivity index (χ1n) is 31.2. The summed E-state index contributed by atoms with van der Waals surface area (Å²) in [4.78, 5) is 184. The number of carbonyl (C=O) groups is 14. The summed E-state index contributed by atoms with van der Waals surface area (Å²) in [5.74, 6) is -14.7. The second-order valence-corrected chi connectivity index (χ2v) is 23.7. The topological polar surface area (TPSA) is 616 Å². The number of carboxylic acid groups (broad SMARTS) is 1. The number of aliphatic carboxylic acids is 1. The van der Waals surface area contributed by atoms with E-state index in [1.54, 1.807) is 41.5 Å². The number of carboxylic acids is 1. The van der Waals surface area contributed by atoms with Crippen LogP contribution in [-0.4, -0.2) is 234 Å². The Morgan fingerprint density at radius 3 is 1.27 bits per heavy atom. The van der Waals surface area contributed by atoms with Gasteiger partial charge in [-0.1, -0.05) is 41.5 Å². The van der Waals surface area contributed by atoms with Gasteiger partial charge in [0.15, 0.2) is 5.96 Å². The number of unbranched alkanes of at least 4 members (excludes halogenated alkanes) is 2. The Labute approximate surface area is 546 Å². The van der Waals surface area contributed by atoms with Crippen molar-refractivity contribution in [3.05, 3.63) is 0 Å².